The van der Waals surface area contributed by atoms with Crippen LogP contribution in [0.2, 0.25) is 15.2 Å². The zero-order valence-corrected chi connectivity index (χ0v) is 14.9. The van der Waals surface area contributed by atoms with E-state index < -0.39 is 5.56 Å². The van der Waals surface area contributed by atoms with E-state index >= 15 is 0 Å². The van der Waals surface area contributed by atoms with Gasteiger partial charge in [-0.3, -0.25) is 4.79 Å². The molecule has 0 fully saturated rings. The van der Waals surface area contributed by atoms with Crippen molar-refractivity contribution in [1.82, 2.24) is 14.3 Å². The van der Waals surface area contributed by atoms with Crippen LogP contribution in [0, 0.1) is 0 Å². The van der Waals surface area contributed by atoms with Gasteiger partial charge in [-0.25, -0.2) is 0 Å². The number of halogens is 3. The fourth-order valence-electron chi connectivity index (χ4n) is 2.25. The summed E-state index contributed by atoms with van der Waals surface area (Å²) in [7, 11) is 1.80. The average Bonchev–Trinajstić information content (AvgIpc) is 2.84. The van der Waals surface area contributed by atoms with Crippen LogP contribution in [0.4, 0.5) is 5.69 Å². The Bertz CT molecular complexity index is 934. The number of para-hydroxylation sites is 1. The number of aromatic nitrogens is 3. The molecule has 0 spiro atoms. The van der Waals surface area contributed by atoms with Crippen molar-refractivity contribution in [2.75, 3.05) is 5.32 Å². The molecule has 1 aromatic carbocycles. The normalized spacial score (nSPS) is 10.8. The number of nitrogens with zero attached hydrogens (tertiary/aromatic N) is 3. The van der Waals surface area contributed by atoms with E-state index in [1.54, 1.807) is 29.8 Å². The van der Waals surface area contributed by atoms with Gasteiger partial charge in [0.2, 0.25) is 0 Å². The maximum atomic E-state index is 12.4. The smallest absolute Gasteiger partial charge is 0.292 e. The lowest BCUT2D eigenvalue weighted by molar-refractivity contribution is 0.803. The van der Waals surface area contributed by atoms with Crippen LogP contribution in [0.3, 0.4) is 0 Å². The second kappa shape index (κ2) is 6.89. The molecule has 0 atom stereocenters. The number of hydrogen-bond acceptors (Lipinski definition) is 3. The number of rotatable bonds is 4. The molecular formula is C16H13Cl3N4O. The molecule has 5 nitrogen and oxygen atoms in total. The van der Waals surface area contributed by atoms with E-state index in [4.69, 9.17) is 34.8 Å². The highest BCUT2D eigenvalue weighted by molar-refractivity contribution is 6.41. The summed E-state index contributed by atoms with van der Waals surface area (Å²) in [5.41, 5.74) is 1.56. The Morgan fingerprint density at radius 1 is 1.17 bits per heavy atom. The highest BCUT2D eigenvalue weighted by Crippen LogP contribution is 2.26. The molecule has 0 aliphatic rings. The molecule has 0 unspecified atom stereocenters. The predicted octanol–water partition coefficient (Wildman–Crippen LogP) is 4.14. The minimum atomic E-state index is -0.393. The summed E-state index contributed by atoms with van der Waals surface area (Å²) in [6, 6.07) is 10.8. The SMILES string of the molecule is Cn1c(CNc2cnn(-c3ccccc3)c(=O)c2Cl)cc(Cl)c1Cl. The summed E-state index contributed by atoms with van der Waals surface area (Å²) in [4.78, 5) is 12.4. The molecule has 3 aromatic rings. The zero-order chi connectivity index (χ0) is 17.3. The van der Waals surface area contributed by atoms with Crippen molar-refractivity contribution in [3.63, 3.8) is 0 Å². The van der Waals surface area contributed by atoms with E-state index in [0.717, 1.165) is 5.69 Å². The zero-order valence-electron chi connectivity index (χ0n) is 12.6. The largest absolute Gasteiger partial charge is 0.377 e. The van der Waals surface area contributed by atoms with Gasteiger partial charge in [0.1, 0.15) is 10.2 Å². The van der Waals surface area contributed by atoms with E-state index in [9.17, 15) is 4.79 Å². The van der Waals surface area contributed by atoms with Crippen molar-refractivity contribution < 1.29 is 0 Å². The highest BCUT2D eigenvalue weighted by atomic mass is 35.5. The van der Waals surface area contributed by atoms with Gasteiger partial charge in [0, 0.05) is 12.7 Å². The first-order valence-electron chi connectivity index (χ1n) is 7.05. The number of anilines is 1. The van der Waals surface area contributed by atoms with Crippen LogP contribution in [0.5, 0.6) is 0 Å². The first kappa shape index (κ1) is 16.9. The first-order valence-corrected chi connectivity index (χ1v) is 8.19. The number of benzene rings is 1. The molecule has 0 saturated carbocycles. The quantitative estimate of drug-likeness (QED) is 0.736. The molecule has 8 heteroatoms. The van der Waals surface area contributed by atoms with Gasteiger partial charge >= 0.3 is 0 Å². The van der Waals surface area contributed by atoms with E-state index in [-0.39, 0.29) is 5.02 Å². The van der Waals surface area contributed by atoms with Crippen LogP contribution >= 0.6 is 34.8 Å². The van der Waals surface area contributed by atoms with Crippen LogP contribution < -0.4 is 10.9 Å². The summed E-state index contributed by atoms with van der Waals surface area (Å²) in [6.07, 6.45) is 1.52. The molecule has 3 rings (SSSR count). The lowest BCUT2D eigenvalue weighted by Gasteiger charge is -2.11. The monoisotopic (exact) mass is 382 g/mol. The van der Waals surface area contributed by atoms with Gasteiger partial charge in [-0.05, 0) is 18.2 Å². The van der Waals surface area contributed by atoms with Crippen molar-refractivity contribution in [1.29, 1.82) is 0 Å². The Kier molecular flexibility index (Phi) is 4.85. The minimum absolute atomic E-state index is 0.0697. The standard InChI is InChI=1S/C16H13Cl3N4O/c1-22-11(7-12(17)15(22)19)8-20-13-9-21-23(16(24)14(13)18)10-5-3-2-4-6-10/h2-7,9,20H,8H2,1H3. The molecule has 1 N–H and O–H groups in total. The van der Waals surface area contributed by atoms with E-state index in [1.807, 2.05) is 18.2 Å². The molecule has 0 radical (unpaired) electrons. The number of hydrogen-bond donors (Lipinski definition) is 1. The lowest BCUT2D eigenvalue weighted by atomic mass is 10.3. The van der Waals surface area contributed by atoms with Gasteiger partial charge in [-0.1, -0.05) is 53.0 Å². The predicted molar refractivity (Wildman–Crippen MR) is 97.6 cm³/mol. The third kappa shape index (κ3) is 3.15. The second-order valence-electron chi connectivity index (χ2n) is 5.11. The molecule has 0 bridgehead atoms. The van der Waals surface area contributed by atoms with Crippen LogP contribution in [0.1, 0.15) is 5.69 Å². The minimum Gasteiger partial charge on any atom is -0.377 e. The van der Waals surface area contributed by atoms with Gasteiger partial charge in [-0.2, -0.15) is 9.78 Å². The highest BCUT2D eigenvalue weighted by Gasteiger charge is 2.12. The number of nitrogens with one attached hydrogen (secondary N) is 1. The summed E-state index contributed by atoms with van der Waals surface area (Å²) >= 11 is 18.2. The van der Waals surface area contributed by atoms with Gasteiger partial charge < -0.3 is 9.88 Å². The van der Waals surface area contributed by atoms with Gasteiger partial charge in [0.15, 0.2) is 0 Å². The van der Waals surface area contributed by atoms with Crippen LogP contribution in [-0.4, -0.2) is 14.3 Å². The third-order valence-corrected chi connectivity index (χ3v) is 4.80. The Hall–Kier alpha value is -1.95. The maximum absolute atomic E-state index is 12.4. The second-order valence-corrected chi connectivity index (χ2v) is 6.25. The molecule has 124 valence electrons. The van der Waals surface area contributed by atoms with Crippen molar-refractivity contribution in [3.05, 3.63) is 73.8 Å². The summed E-state index contributed by atoms with van der Waals surface area (Å²) in [5.74, 6) is 0. The van der Waals surface area contributed by atoms with Crippen LogP contribution in [-0.2, 0) is 13.6 Å². The van der Waals surface area contributed by atoms with Gasteiger partial charge in [0.25, 0.3) is 5.56 Å². The van der Waals surface area contributed by atoms with Crippen LogP contribution in [0.15, 0.2) is 47.4 Å². The molecule has 2 aromatic heterocycles. The van der Waals surface area contributed by atoms with Crippen molar-refractivity contribution >= 4 is 40.5 Å². The van der Waals surface area contributed by atoms with Crippen LogP contribution in [0.25, 0.3) is 5.69 Å². The van der Waals surface area contributed by atoms with E-state index in [1.165, 1.54) is 10.9 Å². The Morgan fingerprint density at radius 2 is 1.88 bits per heavy atom. The molecule has 0 amide bonds. The Balaban J connectivity index is 1.86. The summed E-state index contributed by atoms with van der Waals surface area (Å²) in [6.45, 7) is 0.402. The molecule has 24 heavy (non-hydrogen) atoms. The van der Waals surface area contributed by atoms with Gasteiger partial charge in [0.05, 0.1) is 29.1 Å². The summed E-state index contributed by atoms with van der Waals surface area (Å²) < 4.78 is 3.01. The fourth-order valence-corrected chi connectivity index (χ4v) is 2.86. The van der Waals surface area contributed by atoms with Crippen molar-refractivity contribution in [2.45, 2.75) is 6.54 Å². The van der Waals surface area contributed by atoms with Crippen molar-refractivity contribution in [3.8, 4) is 5.69 Å². The summed E-state index contributed by atoms with van der Waals surface area (Å²) in [5, 5.41) is 8.25. The van der Waals surface area contributed by atoms with E-state index in [2.05, 4.69) is 10.4 Å². The topological polar surface area (TPSA) is 51.9 Å². The van der Waals surface area contributed by atoms with Crippen molar-refractivity contribution in [2.24, 2.45) is 7.05 Å². The molecule has 0 aliphatic heterocycles. The van der Waals surface area contributed by atoms with Gasteiger partial charge in [-0.15, -0.1) is 0 Å². The Labute approximate surface area is 153 Å². The first-order chi connectivity index (χ1) is 11.5. The third-order valence-electron chi connectivity index (χ3n) is 3.60. The van der Waals surface area contributed by atoms with E-state index in [0.29, 0.717) is 28.1 Å². The average molecular weight is 384 g/mol. The fraction of sp³-hybridized carbons (Fsp3) is 0.125. The molecular weight excluding hydrogens is 371 g/mol. The molecule has 0 saturated heterocycles. The maximum Gasteiger partial charge on any atom is 0.292 e. The molecule has 0 aliphatic carbocycles. The molecule has 2 heterocycles. The Morgan fingerprint density at radius 3 is 2.50 bits per heavy atom. The lowest BCUT2D eigenvalue weighted by Crippen LogP contribution is -2.22.